The third-order valence-electron chi connectivity index (χ3n) is 5.31. The van der Waals surface area contributed by atoms with E-state index in [-0.39, 0.29) is 29.4 Å². The number of amides is 2. The lowest BCUT2D eigenvalue weighted by molar-refractivity contribution is -0.142. The number of hydrogen-bond donors (Lipinski definition) is 2. The van der Waals surface area contributed by atoms with Crippen molar-refractivity contribution in [3.8, 4) is 0 Å². The Labute approximate surface area is 184 Å². The molecule has 0 radical (unpaired) electrons. The average Bonchev–Trinajstić information content (AvgIpc) is 3.18. The molecule has 0 aromatic carbocycles. The highest BCUT2D eigenvalue weighted by Gasteiger charge is 2.39. The molecule has 0 bridgehead atoms. The summed E-state index contributed by atoms with van der Waals surface area (Å²) in [5, 5.41) is 13.3. The van der Waals surface area contributed by atoms with Crippen molar-refractivity contribution in [1.82, 2.24) is 24.9 Å². The molecule has 32 heavy (non-hydrogen) atoms. The molecule has 2 N–H and O–H groups in total. The highest BCUT2D eigenvalue weighted by Crippen LogP contribution is 2.35. The summed E-state index contributed by atoms with van der Waals surface area (Å²) in [6.07, 6.45) is -0.0339. The monoisotopic (exact) mass is 454 g/mol. The third kappa shape index (κ3) is 5.49. The number of aromatic nitrogens is 4. The van der Waals surface area contributed by atoms with E-state index < -0.39 is 23.7 Å². The van der Waals surface area contributed by atoms with Gasteiger partial charge in [0.2, 0.25) is 5.91 Å². The van der Waals surface area contributed by atoms with Gasteiger partial charge >= 0.3 is 6.18 Å². The lowest BCUT2D eigenvalue weighted by Gasteiger charge is -2.10. The van der Waals surface area contributed by atoms with E-state index in [2.05, 4.69) is 20.8 Å². The molecule has 11 heteroatoms. The minimum Gasteiger partial charge on any atom is -0.350 e. The Hall–Kier alpha value is -2.85. The largest absolute Gasteiger partial charge is 0.435 e. The Bertz CT molecular complexity index is 977. The van der Waals surface area contributed by atoms with E-state index in [1.165, 1.54) is 10.9 Å². The van der Waals surface area contributed by atoms with E-state index in [0.717, 1.165) is 17.5 Å². The fraction of sp³-hybridized carbons (Fsp3) is 0.619. The Balaban J connectivity index is 1.81. The second kappa shape index (κ2) is 9.74. The highest BCUT2D eigenvalue weighted by molar-refractivity contribution is 6.02. The Morgan fingerprint density at radius 1 is 1.16 bits per heavy atom. The second-order valence-corrected chi connectivity index (χ2v) is 8.39. The van der Waals surface area contributed by atoms with Gasteiger partial charge in [-0.15, -0.1) is 0 Å². The average molecular weight is 454 g/mol. The molecule has 0 spiro atoms. The zero-order valence-corrected chi connectivity index (χ0v) is 18.6. The Morgan fingerprint density at radius 3 is 2.53 bits per heavy atom. The van der Waals surface area contributed by atoms with Crippen LogP contribution in [0.15, 0.2) is 6.20 Å². The van der Waals surface area contributed by atoms with Crippen LogP contribution in [0.3, 0.4) is 0 Å². The predicted molar refractivity (Wildman–Crippen MR) is 112 cm³/mol. The van der Waals surface area contributed by atoms with Crippen LogP contribution in [-0.4, -0.2) is 37.9 Å². The van der Waals surface area contributed by atoms with Crippen LogP contribution in [0.5, 0.6) is 0 Å². The fourth-order valence-corrected chi connectivity index (χ4v) is 3.75. The molecule has 2 aromatic rings. The topological polar surface area (TPSA) is 93.8 Å². The first-order valence-electron chi connectivity index (χ1n) is 10.9. The van der Waals surface area contributed by atoms with Crippen molar-refractivity contribution in [2.75, 3.05) is 11.9 Å². The van der Waals surface area contributed by atoms with E-state index in [9.17, 15) is 22.8 Å². The first-order chi connectivity index (χ1) is 15.1. The number of alkyl halides is 3. The number of carbonyl (C=O) groups is 2. The molecule has 1 aliphatic carbocycles. The van der Waals surface area contributed by atoms with Gasteiger partial charge in [0, 0.05) is 30.5 Å². The van der Waals surface area contributed by atoms with E-state index >= 15 is 0 Å². The van der Waals surface area contributed by atoms with Crippen LogP contribution >= 0.6 is 0 Å². The number of aryl methyl sites for hydroxylation is 1. The molecule has 3 rings (SSSR count). The van der Waals surface area contributed by atoms with Gasteiger partial charge in [0.1, 0.15) is 6.54 Å². The molecule has 1 aliphatic rings. The number of halogens is 3. The molecule has 2 amide bonds. The number of hydrogen-bond acceptors (Lipinski definition) is 4. The molecule has 0 saturated carbocycles. The third-order valence-corrected chi connectivity index (χ3v) is 5.31. The summed E-state index contributed by atoms with van der Waals surface area (Å²) in [4.78, 5) is 25.2. The number of nitrogens with zero attached hydrogens (tertiary/aromatic N) is 4. The number of carbonyl (C=O) groups excluding carboxylic acids is 2. The smallest absolute Gasteiger partial charge is 0.350 e. The SMILES string of the molecule is CCn1cc(NC(=O)Cn2nc(C(F)(F)F)c3c2CCCCC3)c(C(=O)NCC(C)C)n1. The fourth-order valence-electron chi connectivity index (χ4n) is 3.75. The Morgan fingerprint density at radius 2 is 1.88 bits per heavy atom. The number of anilines is 1. The van der Waals surface area contributed by atoms with Crippen molar-refractivity contribution in [3.63, 3.8) is 0 Å². The van der Waals surface area contributed by atoms with Crippen molar-refractivity contribution in [2.24, 2.45) is 5.92 Å². The lowest BCUT2D eigenvalue weighted by atomic mass is 10.1. The van der Waals surface area contributed by atoms with Crippen molar-refractivity contribution in [3.05, 3.63) is 28.8 Å². The molecular formula is C21H29F3N6O2. The van der Waals surface area contributed by atoms with Gasteiger partial charge in [0.15, 0.2) is 11.4 Å². The van der Waals surface area contributed by atoms with Crippen LogP contribution in [0.25, 0.3) is 0 Å². The summed E-state index contributed by atoms with van der Waals surface area (Å²) in [6.45, 7) is 6.31. The van der Waals surface area contributed by atoms with Crippen molar-refractivity contribution < 1.29 is 22.8 Å². The van der Waals surface area contributed by atoms with Crippen LogP contribution in [0.2, 0.25) is 0 Å². The maximum absolute atomic E-state index is 13.5. The summed E-state index contributed by atoms with van der Waals surface area (Å²) in [5.74, 6) is -0.751. The lowest BCUT2D eigenvalue weighted by Crippen LogP contribution is -2.29. The van der Waals surface area contributed by atoms with Gasteiger partial charge in [-0.1, -0.05) is 20.3 Å². The summed E-state index contributed by atoms with van der Waals surface area (Å²) < 4.78 is 43.1. The zero-order valence-electron chi connectivity index (χ0n) is 18.6. The summed E-state index contributed by atoms with van der Waals surface area (Å²) in [6, 6.07) is 0. The number of rotatable bonds is 7. The Kier molecular flexibility index (Phi) is 7.25. The molecule has 0 unspecified atom stereocenters. The highest BCUT2D eigenvalue weighted by atomic mass is 19.4. The first kappa shape index (κ1) is 23.8. The van der Waals surface area contributed by atoms with E-state index in [1.54, 1.807) is 0 Å². The normalized spacial score (nSPS) is 14.2. The summed E-state index contributed by atoms with van der Waals surface area (Å²) in [5.41, 5.74) is 0.0257. The van der Waals surface area contributed by atoms with Gasteiger partial charge in [-0.25, -0.2) is 0 Å². The van der Waals surface area contributed by atoms with Crippen molar-refractivity contribution >= 4 is 17.5 Å². The molecule has 0 fully saturated rings. The van der Waals surface area contributed by atoms with Gasteiger partial charge < -0.3 is 10.6 Å². The van der Waals surface area contributed by atoms with Gasteiger partial charge in [-0.3, -0.25) is 19.0 Å². The molecule has 2 aromatic heterocycles. The minimum absolute atomic E-state index is 0.0659. The standard InChI is InChI=1S/C21H29F3N6O2/c1-4-29-11-15(18(27-29)20(32)25-10-13(2)3)26-17(31)12-30-16-9-7-5-6-8-14(16)19(28-30)21(22,23)24/h11,13H,4-10,12H2,1-3H3,(H,25,32)(H,26,31). The molecule has 2 heterocycles. The minimum atomic E-state index is -4.57. The van der Waals surface area contributed by atoms with Crippen molar-refractivity contribution in [2.45, 2.75) is 72.1 Å². The maximum Gasteiger partial charge on any atom is 0.435 e. The van der Waals surface area contributed by atoms with Crippen LogP contribution in [0.4, 0.5) is 18.9 Å². The quantitative estimate of drug-likeness (QED) is 0.627. The molecule has 176 valence electrons. The van der Waals surface area contributed by atoms with Gasteiger partial charge in [0.05, 0.1) is 5.69 Å². The van der Waals surface area contributed by atoms with Crippen molar-refractivity contribution in [1.29, 1.82) is 0 Å². The molecule has 0 saturated heterocycles. The zero-order chi connectivity index (χ0) is 23.5. The molecule has 0 atom stereocenters. The first-order valence-corrected chi connectivity index (χ1v) is 10.9. The van der Waals surface area contributed by atoms with Gasteiger partial charge in [0.25, 0.3) is 5.91 Å². The molecular weight excluding hydrogens is 425 g/mol. The predicted octanol–water partition coefficient (Wildman–Crippen LogP) is 3.41. The van der Waals surface area contributed by atoms with Crippen LogP contribution in [0, 0.1) is 5.92 Å². The van der Waals surface area contributed by atoms with E-state index in [0.29, 0.717) is 38.0 Å². The summed E-state index contributed by atoms with van der Waals surface area (Å²) in [7, 11) is 0. The number of nitrogens with one attached hydrogen (secondary N) is 2. The molecule has 8 nitrogen and oxygen atoms in total. The molecule has 0 aliphatic heterocycles. The van der Waals surface area contributed by atoms with E-state index in [1.807, 2.05) is 20.8 Å². The van der Waals surface area contributed by atoms with Gasteiger partial charge in [-0.05, 0) is 38.5 Å². The summed E-state index contributed by atoms with van der Waals surface area (Å²) >= 11 is 0. The van der Waals surface area contributed by atoms with Gasteiger partial charge in [-0.2, -0.15) is 23.4 Å². The van der Waals surface area contributed by atoms with Crippen LogP contribution in [0.1, 0.15) is 67.5 Å². The second-order valence-electron chi connectivity index (χ2n) is 8.39. The van der Waals surface area contributed by atoms with Crippen LogP contribution in [-0.2, 0) is 36.9 Å². The van der Waals surface area contributed by atoms with E-state index in [4.69, 9.17) is 0 Å². The maximum atomic E-state index is 13.5. The van der Waals surface area contributed by atoms with Crippen LogP contribution < -0.4 is 10.6 Å². The number of fused-ring (bicyclic) bond motifs is 1.